The standard InChI is InChI=1S/C18H24N2O/c1-20(2)13-12-19-14-16-8-10-18(11-9-16)21-15-17-6-4-3-5-7-17/h3-11,19H,12-15H2,1-2H3. The second-order valence-electron chi connectivity index (χ2n) is 5.40. The number of rotatable bonds is 8. The van der Waals surface area contributed by atoms with E-state index in [1.807, 2.05) is 30.3 Å². The lowest BCUT2D eigenvalue weighted by atomic mass is 10.2. The fourth-order valence-electron chi connectivity index (χ4n) is 1.98. The van der Waals surface area contributed by atoms with E-state index in [0.717, 1.165) is 25.4 Å². The first-order valence-corrected chi connectivity index (χ1v) is 7.35. The number of hydrogen-bond acceptors (Lipinski definition) is 3. The summed E-state index contributed by atoms with van der Waals surface area (Å²) < 4.78 is 5.78. The Morgan fingerprint density at radius 2 is 1.62 bits per heavy atom. The van der Waals surface area contributed by atoms with Crippen LogP contribution in [-0.4, -0.2) is 32.1 Å². The van der Waals surface area contributed by atoms with Crippen molar-refractivity contribution in [3.05, 3.63) is 65.7 Å². The van der Waals surface area contributed by atoms with Gasteiger partial charge in [-0.25, -0.2) is 0 Å². The Morgan fingerprint density at radius 3 is 2.29 bits per heavy atom. The van der Waals surface area contributed by atoms with Crippen molar-refractivity contribution in [2.45, 2.75) is 13.2 Å². The molecule has 0 heterocycles. The highest BCUT2D eigenvalue weighted by Gasteiger charge is 1.97. The van der Waals surface area contributed by atoms with Crippen LogP contribution in [-0.2, 0) is 13.2 Å². The minimum absolute atomic E-state index is 0.612. The first kappa shape index (κ1) is 15.5. The second kappa shape index (κ2) is 8.45. The monoisotopic (exact) mass is 284 g/mol. The summed E-state index contributed by atoms with van der Waals surface area (Å²) in [6.07, 6.45) is 0. The van der Waals surface area contributed by atoms with Gasteiger partial charge in [-0.15, -0.1) is 0 Å². The molecular formula is C18H24N2O. The summed E-state index contributed by atoms with van der Waals surface area (Å²) in [5.41, 5.74) is 2.47. The number of hydrogen-bond donors (Lipinski definition) is 1. The molecule has 112 valence electrons. The van der Waals surface area contributed by atoms with Crippen molar-refractivity contribution in [3.63, 3.8) is 0 Å². The van der Waals surface area contributed by atoms with Gasteiger partial charge < -0.3 is 15.0 Å². The number of nitrogens with one attached hydrogen (secondary N) is 1. The summed E-state index contributed by atoms with van der Waals surface area (Å²) >= 11 is 0. The lowest BCUT2D eigenvalue weighted by Crippen LogP contribution is -2.26. The molecule has 21 heavy (non-hydrogen) atoms. The summed E-state index contributed by atoms with van der Waals surface area (Å²) in [6, 6.07) is 18.5. The van der Waals surface area contributed by atoms with Crippen LogP contribution < -0.4 is 10.1 Å². The maximum Gasteiger partial charge on any atom is 0.119 e. The summed E-state index contributed by atoms with van der Waals surface area (Å²) in [6.45, 7) is 3.56. The Bertz CT molecular complexity index is 509. The van der Waals surface area contributed by atoms with Crippen molar-refractivity contribution in [2.24, 2.45) is 0 Å². The molecule has 2 aromatic rings. The predicted octanol–water partition coefficient (Wildman–Crippen LogP) is 2.92. The largest absolute Gasteiger partial charge is 0.489 e. The van der Waals surface area contributed by atoms with Crippen molar-refractivity contribution < 1.29 is 4.74 Å². The molecule has 2 rings (SSSR count). The summed E-state index contributed by atoms with van der Waals surface area (Å²) in [5.74, 6) is 0.913. The van der Waals surface area contributed by atoms with Crippen LogP contribution in [0.5, 0.6) is 5.75 Å². The van der Waals surface area contributed by atoms with E-state index < -0.39 is 0 Å². The summed E-state index contributed by atoms with van der Waals surface area (Å²) in [7, 11) is 4.17. The van der Waals surface area contributed by atoms with E-state index in [9.17, 15) is 0 Å². The molecule has 0 radical (unpaired) electrons. The van der Waals surface area contributed by atoms with Crippen LogP contribution >= 0.6 is 0 Å². The maximum absolute atomic E-state index is 5.78. The van der Waals surface area contributed by atoms with E-state index in [0.29, 0.717) is 6.61 Å². The lowest BCUT2D eigenvalue weighted by molar-refractivity contribution is 0.306. The van der Waals surface area contributed by atoms with Crippen molar-refractivity contribution in [2.75, 3.05) is 27.2 Å². The minimum Gasteiger partial charge on any atom is -0.489 e. The maximum atomic E-state index is 5.78. The molecule has 2 aromatic carbocycles. The smallest absolute Gasteiger partial charge is 0.119 e. The average molecular weight is 284 g/mol. The van der Waals surface area contributed by atoms with Gasteiger partial charge in [0.15, 0.2) is 0 Å². The normalized spacial score (nSPS) is 10.8. The SMILES string of the molecule is CN(C)CCNCc1ccc(OCc2ccccc2)cc1. The van der Waals surface area contributed by atoms with Gasteiger partial charge in [-0.1, -0.05) is 42.5 Å². The van der Waals surface area contributed by atoms with E-state index in [1.54, 1.807) is 0 Å². The van der Waals surface area contributed by atoms with Crippen LogP contribution in [0.2, 0.25) is 0 Å². The van der Waals surface area contributed by atoms with Crippen molar-refractivity contribution in [1.82, 2.24) is 10.2 Å². The van der Waals surface area contributed by atoms with Gasteiger partial charge in [0, 0.05) is 19.6 Å². The van der Waals surface area contributed by atoms with Gasteiger partial charge in [-0.3, -0.25) is 0 Å². The molecule has 0 atom stereocenters. The summed E-state index contributed by atoms with van der Waals surface area (Å²) in [4.78, 5) is 2.17. The van der Waals surface area contributed by atoms with Crippen molar-refractivity contribution in [1.29, 1.82) is 0 Å². The third-order valence-corrected chi connectivity index (χ3v) is 3.24. The molecule has 3 nitrogen and oxygen atoms in total. The Labute approximate surface area is 127 Å². The highest BCUT2D eigenvalue weighted by molar-refractivity contribution is 5.27. The van der Waals surface area contributed by atoms with Gasteiger partial charge in [-0.2, -0.15) is 0 Å². The van der Waals surface area contributed by atoms with E-state index in [4.69, 9.17) is 4.74 Å². The molecule has 0 bridgehead atoms. The van der Waals surface area contributed by atoms with Gasteiger partial charge in [0.25, 0.3) is 0 Å². The van der Waals surface area contributed by atoms with Crippen LogP contribution in [0.15, 0.2) is 54.6 Å². The lowest BCUT2D eigenvalue weighted by Gasteiger charge is -2.11. The number of ether oxygens (including phenoxy) is 1. The Kier molecular flexibility index (Phi) is 6.25. The molecule has 0 spiro atoms. The quantitative estimate of drug-likeness (QED) is 0.754. The van der Waals surface area contributed by atoms with E-state index >= 15 is 0 Å². The Balaban J connectivity index is 1.74. The van der Waals surface area contributed by atoms with Gasteiger partial charge in [0.1, 0.15) is 12.4 Å². The van der Waals surface area contributed by atoms with Gasteiger partial charge in [0.05, 0.1) is 0 Å². The molecule has 3 heteroatoms. The number of benzene rings is 2. The second-order valence-corrected chi connectivity index (χ2v) is 5.40. The van der Waals surface area contributed by atoms with E-state index in [2.05, 4.69) is 48.6 Å². The predicted molar refractivity (Wildman–Crippen MR) is 87.5 cm³/mol. The summed E-state index contributed by atoms with van der Waals surface area (Å²) in [5, 5.41) is 3.43. The zero-order chi connectivity index (χ0) is 14.9. The van der Waals surface area contributed by atoms with Crippen LogP contribution in [0.1, 0.15) is 11.1 Å². The van der Waals surface area contributed by atoms with Crippen molar-refractivity contribution >= 4 is 0 Å². The van der Waals surface area contributed by atoms with Crippen LogP contribution in [0.3, 0.4) is 0 Å². The fraction of sp³-hybridized carbons (Fsp3) is 0.333. The van der Waals surface area contributed by atoms with E-state index in [-0.39, 0.29) is 0 Å². The van der Waals surface area contributed by atoms with Crippen molar-refractivity contribution in [3.8, 4) is 5.75 Å². The third-order valence-electron chi connectivity index (χ3n) is 3.24. The van der Waals surface area contributed by atoms with Crippen LogP contribution in [0.4, 0.5) is 0 Å². The number of likely N-dealkylation sites (N-methyl/N-ethyl adjacent to an activating group) is 1. The van der Waals surface area contributed by atoms with Crippen LogP contribution in [0, 0.1) is 0 Å². The third kappa shape index (κ3) is 5.98. The molecule has 0 fully saturated rings. The molecule has 0 aromatic heterocycles. The molecule has 0 amide bonds. The number of nitrogens with zero attached hydrogens (tertiary/aromatic N) is 1. The Hall–Kier alpha value is -1.84. The molecule has 0 unspecified atom stereocenters. The van der Waals surface area contributed by atoms with Gasteiger partial charge in [0.2, 0.25) is 0 Å². The fourth-order valence-corrected chi connectivity index (χ4v) is 1.98. The van der Waals surface area contributed by atoms with E-state index in [1.165, 1.54) is 11.1 Å². The average Bonchev–Trinajstić information content (AvgIpc) is 2.51. The minimum atomic E-state index is 0.612. The topological polar surface area (TPSA) is 24.5 Å². The molecule has 0 aliphatic heterocycles. The molecular weight excluding hydrogens is 260 g/mol. The zero-order valence-electron chi connectivity index (χ0n) is 12.9. The zero-order valence-corrected chi connectivity index (χ0v) is 12.9. The van der Waals surface area contributed by atoms with Crippen LogP contribution in [0.25, 0.3) is 0 Å². The Morgan fingerprint density at radius 1 is 0.905 bits per heavy atom. The first-order valence-electron chi connectivity index (χ1n) is 7.35. The van der Waals surface area contributed by atoms with Gasteiger partial charge >= 0.3 is 0 Å². The molecule has 0 saturated heterocycles. The first-order chi connectivity index (χ1) is 10.2. The molecule has 0 saturated carbocycles. The van der Waals surface area contributed by atoms with Gasteiger partial charge in [-0.05, 0) is 37.4 Å². The highest BCUT2D eigenvalue weighted by atomic mass is 16.5. The molecule has 1 N–H and O–H groups in total. The molecule has 0 aliphatic rings. The molecule has 0 aliphatic carbocycles. The highest BCUT2D eigenvalue weighted by Crippen LogP contribution is 2.14.